The van der Waals surface area contributed by atoms with Gasteiger partial charge in [0.1, 0.15) is 10.8 Å². The summed E-state index contributed by atoms with van der Waals surface area (Å²) in [4.78, 5) is 12.7. The first-order chi connectivity index (χ1) is 15.9. The normalized spacial score (nSPS) is 14.4. The van der Waals surface area contributed by atoms with E-state index in [0.29, 0.717) is 46.0 Å². The van der Waals surface area contributed by atoms with Gasteiger partial charge in [-0.1, -0.05) is 35.1 Å². The molecule has 1 aromatic heterocycles. The quantitative estimate of drug-likeness (QED) is 0.490. The monoisotopic (exact) mass is 506 g/mol. The molecule has 3 aromatic rings. The van der Waals surface area contributed by atoms with Gasteiger partial charge in [-0.05, 0) is 55.2 Å². The molecule has 0 spiro atoms. The number of carbonyl (C=O) groups is 1. The highest BCUT2D eigenvalue weighted by molar-refractivity contribution is 7.89. The van der Waals surface area contributed by atoms with Crippen LogP contribution < -0.4 is 10.1 Å². The van der Waals surface area contributed by atoms with Gasteiger partial charge in [0.2, 0.25) is 21.1 Å². The minimum Gasteiger partial charge on any atom is -0.496 e. The van der Waals surface area contributed by atoms with Crippen molar-refractivity contribution in [1.29, 1.82) is 0 Å². The summed E-state index contributed by atoms with van der Waals surface area (Å²) in [7, 11) is -2.03. The number of methoxy groups -OCH3 is 1. The molecule has 174 valence electrons. The van der Waals surface area contributed by atoms with Gasteiger partial charge < -0.3 is 10.1 Å². The van der Waals surface area contributed by atoms with E-state index < -0.39 is 10.0 Å². The molecule has 0 aliphatic carbocycles. The van der Waals surface area contributed by atoms with Crippen molar-refractivity contribution in [3.63, 3.8) is 0 Å². The highest BCUT2D eigenvalue weighted by Gasteiger charge is 2.27. The Labute approximate surface area is 201 Å². The Hall–Kier alpha value is -2.53. The Morgan fingerprint density at radius 3 is 2.58 bits per heavy atom. The third-order valence-corrected chi connectivity index (χ3v) is 8.37. The van der Waals surface area contributed by atoms with Crippen LogP contribution in [0.2, 0.25) is 5.02 Å². The van der Waals surface area contributed by atoms with Gasteiger partial charge in [0, 0.05) is 30.1 Å². The van der Waals surface area contributed by atoms with E-state index in [1.165, 1.54) is 22.8 Å². The fraction of sp³-hybridized carbons (Fsp3) is 0.318. The molecule has 11 heteroatoms. The number of halogens is 1. The topological polar surface area (TPSA) is 101 Å². The minimum absolute atomic E-state index is 0.138. The number of carbonyl (C=O) groups excluding carboxylic acids is 1. The van der Waals surface area contributed by atoms with Crippen LogP contribution in [-0.2, 0) is 21.2 Å². The number of hydrogen-bond donors (Lipinski definition) is 1. The second-order valence-corrected chi connectivity index (χ2v) is 10.9. The molecule has 1 N–H and O–H groups in total. The Balaban J connectivity index is 1.42. The summed E-state index contributed by atoms with van der Waals surface area (Å²) >= 11 is 7.18. The zero-order valence-corrected chi connectivity index (χ0v) is 20.3. The number of nitrogens with zero attached hydrogens (tertiary/aromatic N) is 3. The van der Waals surface area contributed by atoms with Gasteiger partial charge in [0.05, 0.1) is 12.0 Å². The molecule has 2 heterocycles. The maximum Gasteiger partial charge on any atom is 0.243 e. The number of ether oxygens (including phenoxy) is 1. The molecule has 4 rings (SSSR count). The van der Waals surface area contributed by atoms with Crippen molar-refractivity contribution < 1.29 is 17.9 Å². The van der Waals surface area contributed by atoms with Crippen molar-refractivity contribution >= 4 is 44.0 Å². The average molecular weight is 507 g/mol. The zero-order chi connectivity index (χ0) is 23.4. The largest absolute Gasteiger partial charge is 0.496 e. The van der Waals surface area contributed by atoms with E-state index >= 15 is 0 Å². The Morgan fingerprint density at radius 1 is 1.15 bits per heavy atom. The van der Waals surface area contributed by atoms with Crippen LogP contribution in [0.4, 0.5) is 5.13 Å². The van der Waals surface area contributed by atoms with Crippen molar-refractivity contribution in [2.75, 3.05) is 25.5 Å². The maximum atomic E-state index is 12.9. The fourth-order valence-electron chi connectivity index (χ4n) is 3.60. The van der Waals surface area contributed by atoms with E-state index in [0.717, 1.165) is 18.4 Å². The average Bonchev–Trinajstić information content (AvgIpc) is 3.51. The van der Waals surface area contributed by atoms with E-state index in [1.54, 1.807) is 30.3 Å². The van der Waals surface area contributed by atoms with Crippen molar-refractivity contribution in [1.82, 2.24) is 14.5 Å². The predicted octanol–water partition coefficient (Wildman–Crippen LogP) is 4.22. The van der Waals surface area contributed by atoms with Crippen molar-refractivity contribution in [3.05, 3.63) is 53.1 Å². The number of hydrogen-bond acceptors (Lipinski definition) is 7. The molecule has 0 saturated carbocycles. The highest BCUT2D eigenvalue weighted by atomic mass is 35.5. The van der Waals surface area contributed by atoms with Crippen LogP contribution in [0.1, 0.15) is 24.8 Å². The number of aryl methyl sites for hydroxylation is 1. The number of benzene rings is 2. The summed E-state index contributed by atoms with van der Waals surface area (Å²) in [5.74, 6) is 0.299. The minimum atomic E-state index is -3.55. The van der Waals surface area contributed by atoms with Gasteiger partial charge >= 0.3 is 0 Å². The molecule has 0 bridgehead atoms. The van der Waals surface area contributed by atoms with E-state index in [-0.39, 0.29) is 17.2 Å². The molecule has 1 aliphatic heterocycles. The summed E-state index contributed by atoms with van der Waals surface area (Å²) < 4.78 is 32.7. The molecular weight excluding hydrogens is 484 g/mol. The lowest BCUT2D eigenvalue weighted by atomic mass is 10.1. The Kier molecular flexibility index (Phi) is 7.28. The van der Waals surface area contributed by atoms with Crippen LogP contribution in [0.15, 0.2) is 47.4 Å². The number of amides is 1. The second kappa shape index (κ2) is 10.2. The van der Waals surface area contributed by atoms with E-state index in [9.17, 15) is 13.2 Å². The molecular formula is C22H23ClN4O4S2. The molecule has 33 heavy (non-hydrogen) atoms. The maximum absolute atomic E-state index is 12.9. The van der Waals surface area contributed by atoms with Crippen LogP contribution in [0.3, 0.4) is 0 Å². The molecule has 0 unspecified atom stereocenters. The summed E-state index contributed by atoms with van der Waals surface area (Å²) in [6.45, 7) is 1.07. The zero-order valence-electron chi connectivity index (χ0n) is 18.0. The number of aromatic nitrogens is 2. The van der Waals surface area contributed by atoms with Gasteiger partial charge in [0.15, 0.2) is 0 Å². The molecule has 1 fully saturated rings. The number of nitrogens with one attached hydrogen (secondary N) is 1. The molecule has 2 aromatic carbocycles. The molecule has 1 saturated heterocycles. The van der Waals surface area contributed by atoms with E-state index in [4.69, 9.17) is 16.3 Å². The third-order valence-electron chi connectivity index (χ3n) is 5.34. The number of rotatable bonds is 8. The third kappa shape index (κ3) is 5.52. The van der Waals surface area contributed by atoms with Crippen LogP contribution >= 0.6 is 22.9 Å². The van der Waals surface area contributed by atoms with Gasteiger partial charge in [-0.2, -0.15) is 4.31 Å². The first kappa shape index (κ1) is 23.6. The molecule has 1 amide bonds. The van der Waals surface area contributed by atoms with Gasteiger partial charge in [-0.15, -0.1) is 10.2 Å². The summed E-state index contributed by atoms with van der Waals surface area (Å²) in [5, 5.41) is 12.6. The summed E-state index contributed by atoms with van der Waals surface area (Å²) in [6.07, 6.45) is 2.20. The lowest BCUT2D eigenvalue weighted by Gasteiger charge is -2.17. The van der Waals surface area contributed by atoms with Gasteiger partial charge in [-0.3, -0.25) is 4.79 Å². The first-order valence-corrected chi connectivity index (χ1v) is 13.1. The van der Waals surface area contributed by atoms with Gasteiger partial charge in [-0.25, -0.2) is 8.42 Å². The highest BCUT2D eigenvalue weighted by Crippen LogP contribution is 2.29. The summed E-state index contributed by atoms with van der Waals surface area (Å²) in [6, 6.07) is 12.0. The second-order valence-electron chi connectivity index (χ2n) is 7.55. The Morgan fingerprint density at radius 2 is 1.88 bits per heavy atom. The number of anilines is 1. The smallest absolute Gasteiger partial charge is 0.243 e. The van der Waals surface area contributed by atoms with Crippen molar-refractivity contribution in [2.24, 2.45) is 0 Å². The molecule has 0 radical (unpaired) electrons. The van der Waals surface area contributed by atoms with Crippen LogP contribution in [0.25, 0.3) is 10.6 Å². The molecule has 0 atom stereocenters. The Bertz CT molecular complexity index is 1240. The van der Waals surface area contributed by atoms with Crippen molar-refractivity contribution in [2.45, 2.75) is 30.6 Å². The predicted molar refractivity (Wildman–Crippen MR) is 128 cm³/mol. The van der Waals surface area contributed by atoms with Crippen molar-refractivity contribution in [3.8, 4) is 16.3 Å². The van der Waals surface area contributed by atoms with E-state index in [1.807, 2.05) is 12.1 Å². The standard InChI is InChI=1S/C22H23ClN4O4S2/c1-31-19-10-9-18(33(29,30)27-12-2-3-13-27)14-16(19)6-11-20(28)24-22-26-25-21(32-22)15-4-7-17(23)8-5-15/h4-5,7-10,14H,2-3,6,11-13H2,1H3,(H,24,26,28). The van der Waals surface area contributed by atoms with E-state index in [2.05, 4.69) is 15.5 Å². The van der Waals surface area contributed by atoms with Crippen LogP contribution in [0.5, 0.6) is 5.75 Å². The summed E-state index contributed by atoms with van der Waals surface area (Å²) in [5.41, 5.74) is 1.52. The molecule has 8 nitrogen and oxygen atoms in total. The SMILES string of the molecule is COc1ccc(S(=O)(=O)N2CCCC2)cc1CCC(=O)Nc1nnc(-c2ccc(Cl)cc2)s1. The fourth-order valence-corrected chi connectivity index (χ4v) is 6.06. The number of sulfonamides is 1. The van der Waals surface area contributed by atoms with Crippen LogP contribution in [0, 0.1) is 0 Å². The first-order valence-electron chi connectivity index (χ1n) is 10.4. The van der Waals surface area contributed by atoms with Crippen LogP contribution in [-0.4, -0.2) is 49.0 Å². The molecule has 1 aliphatic rings. The lowest BCUT2D eigenvalue weighted by molar-refractivity contribution is -0.116. The van der Waals surface area contributed by atoms with Gasteiger partial charge in [0.25, 0.3) is 0 Å². The lowest BCUT2D eigenvalue weighted by Crippen LogP contribution is -2.28.